The molecule has 0 amide bonds. The predicted octanol–water partition coefficient (Wildman–Crippen LogP) is 3.79. The summed E-state index contributed by atoms with van der Waals surface area (Å²) in [6.45, 7) is 6.89. The van der Waals surface area contributed by atoms with Crippen molar-refractivity contribution in [2.75, 3.05) is 45.1 Å². The number of piperazine rings is 1. The molecule has 0 spiro atoms. The minimum Gasteiger partial charge on any atom is -0.301 e. The third-order valence-electron chi connectivity index (χ3n) is 3.55. The van der Waals surface area contributed by atoms with Crippen LogP contribution in [0, 0.1) is 0 Å². The van der Waals surface area contributed by atoms with E-state index in [1.165, 1.54) is 31.7 Å². The lowest BCUT2D eigenvalue weighted by Gasteiger charge is -2.34. The summed E-state index contributed by atoms with van der Waals surface area (Å²) in [5.41, 5.74) is 1.28. The number of nitrogens with zero attached hydrogens (tertiary/aromatic N) is 2. The van der Waals surface area contributed by atoms with Gasteiger partial charge in [-0.05, 0) is 18.5 Å². The zero-order valence-electron chi connectivity index (χ0n) is 12.3. The number of halogens is 3. The first kappa shape index (κ1) is 20.8. The van der Waals surface area contributed by atoms with E-state index in [-0.39, 0.29) is 24.8 Å². The molecule has 0 aliphatic carbocycles. The summed E-state index contributed by atoms with van der Waals surface area (Å²) in [5, 5.41) is 0. The van der Waals surface area contributed by atoms with E-state index in [1.807, 2.05) is 0 Å². The fourth-order valence-corrected chi connectivity index (χ4v) is 2.50. The monoisotopic (exact) mass is 350 g/mol. The first-order valence-corrected chi connectivity index (χ1v) is 7.64. The smallest absolute Gasteiger partial charge is 0.0235 e. The lowest BCUT2D eigenvalue weighted by atomic mass is 10.2. The SMILES string of the molecule is Cl.Cl.ClCCCN1CCN(CC=Cc2ccccc2)CC1. The third kappa shape index (κ3) is 8.08. The minimum absolute atomic E-state index is 0. The Morgan fingerprint density at radius 1 is 0.952 bits per heavy atom. The first-order chi connectivity index (χ1) is 9.38. The van der Waals surface area contributed by atoms with Crippen molar-refractivity contribution in [1.82, 2.24) is 9.80 Å². The molecule has 0 N–H and O–H groups in total. The zero-order valence-corrected chi connectivity index (χ0v) is 14.7. The van der Waals surface area contributed by atoms with Crippen LogP contribution in [0.15, 0.2) is 36.4 Å². The Morgan fingerprint density at radius 2 is 1.57 bits per heavy atom. The lowest BCUT2D eigenvalue weighted by Crippen LogP contribution is -2.46. The van der Waals surface area contributed by atoms with Gasteiger partial charge in [0.15, 0.2) is 0 Å². The van der Waals surface area contributed by atoms with Crippen molar-refractivity contribution in [2.24, 2.45) is 0 Å². The van der Waals surface area contributed by atoms with E-state index in [2.05, 4.69) is 52.3 Å². The van der Waals surface area contributed by atoms with Gasteiger partial charge in [0.2, 0.25) is 0 Å². The fourth-order valence-electron chi connectivity index (χ4n) is 2.38. The second kappa shape index (κ2) is 12.3. The number of benzene rings is 1. The Balaban J connectivity index is 0.00000200. The standard InChI is InChI=1S/C16H23ClN2.2ClH/c17-9-5-11-19-14-12-18(13-15-19)10-4-8-16-6-2-1-3-7-16;;/h1-4,6-8H,5,9-15H2;2*1H. The van der Waals surface area contributed by atoms with Crippen LogP contribution in [0.4, 0.5) is 0 Å². The average Bonchev–Trinajstić information content (AvgIpc) is 2.47. The Hall–Kier alpha value is -0.250. The second-order valence-corrected chi connectivity index (χ2v) is 5.38. The molecule has 21 heavy (non-hydrogen) atoms. The van der Waals surface area contributed by atoms with Gasteiger partial charge in [0, 0.05) is 38.6 Å². The molecule has 0 bridgehead atoms. The molecule has 5 heteroatoms. The zero-order chi connectivity index (χ0) is 13.3. The van der Waals surface area contributed by atoms with Gasteiger partial charge in [-0.25, -0.2) is 0 Å². The summed E-state index contributed by atoms with van der Waals surface area (Å²) in [4.78, 5) is 5.02. The van der Waals surface area contributed by atoms with Crippen LogP contribution < -0.4 is 0 Å². The molecule has 0 atom stereocenters. The maximum atomic E-state index is 5.73. The molecule has 2 nitrogen and oxygen atoms in total. The van der Waals surface area contributed by atoms with Crippen LogP contribution in [-0.4, -0.2) is 54.9 Å². The van der Waals surface area contributed by atoms with Crippen LogP contribution in [0.3, 0.4) is 0 Å². The van der Waals surface area contributed by atoms with Crippen molar-refractivity contribution in [3.8, 4) is 0 Å². The third-order valence-corrected chi connectivity index (χ3v) is 3.81. The summed E-state index contributed by atoms with van der Waals surface area (Å²) < 4.78 is 0. The van der Waals surface area contributed by atoms with Crippen LogP contribution in [-0.2, 0) is 0 Å². The van der Waals surface area contributed by atoms with Gasteiger partial charge in [-0.15, -0.1) is 36.4 Å². The highest BCUT2D eigenvalue weighted by atomic mass is 35.5. The summed E-state index contributed by atoms with van der Waals surface area (Å²) in [6, 6.07) is 10.5. The van der Waals surface area contributed by atoms with Crippen molar-refractivity contribution >= 4 is 42.5 Å². The molecular formula is C16H25Cl3N2. The Kier molecular flexibility index (Phi) is 12.2. The van der Waals surface area contributed by atoms with E-state index in [0.717, 1.165) is 25.4 Å². The molecule has 0 unspecified atom stereocenters. The maximum absolute atomic E-state index is 5.73. The van der Waals surface area contributed by atoms with E-state index in [0.29, 0.717) is 0 Å². The molecule has 2 rings (SSSR count). The van der Waals surface area contributed by atoms with E-state index >= 15 is 0 Å². The number of alkyl halides is 1. The largest absolute Gasteiger partial charge is 0.301 e. The summed E-state index contributed by atoms with van der Waals surface area (Å²) in [5.74, 6) is 0.778. The van der Waals surface area contributed by atoms with Crippen molar-refractivity contribution < 1.29 is 0 Å². The summed E-state index contributed by atoms with van der Waals surface area (Å²) >= 11 is 5.73. The molecular weight excluding hydrogens is 327 g/mol. The van der Waals surface area contributed by atoms with Gasteiger partial charge >= 0.3 is 0 Å². The predicted molar refractivity (Wildman–Crippen MR) is 98.2 cm³/mol. The van der Waals surface area contributed by atoms with Gasteiger partial charge in [0.05, 0.1) is 0 Å². The summed E-state index contributed by atoms with van der Waals surface area (Å²) in [6.07, 6.45) is 5.58. The molecule has 0 aromatic heterocycles. The van der Waals surface area contributed by atoms with Crippen molar-refractivity contribution in [3.63, 3.8) is 0 Å². The number of hydrogen-bond acceptors (Lipinski definition) is 2. The molecule has 1 saturated heterocycles. The Bertz CT molecular complexity index is 376. The van der Waals surface area contributed by atoms with Crippen LogP contribution in [0.25, 0.3) is 6.08 Å². The molecule has 1 aromatic rings. The number of rotatable bonds is 6. The van der Waals surface area contributed by atoms with Gasteiger partial charge in [-0.2, -0.15) is 0 Å². The van der Waals surface area contributed by atoms with Crippen LogP contribution >= 0.6 is 36.4 Å². The maximum Gasteiger partial charge on any atom is 0.0235 e. The Labute approximate surface area is 146 Å². The highest BCUT2D eigenvalue weighted by Gasteiger charge is 2.14. The quantitative estimate of drug-likeness (QED) is 0.719. The van der Waals surface area contributed by atoms with Gasteiger partial charge in [0.25, 0.3) is 0 Å². The molecule has 0 saturated carbocycles. The molecule has 0 radical (unpaired) electrons. The second-order valence-electron chi connectivity index (χ2n) is 5.00. The lowest BCUT2D eigenvalue weighted by molar-refractivity contribution is 0.143. The van der Waals surface area contributed by atoms with Crippen LogP contribution in [0.5, 0.6) is 0 Å². The van der Waals surface area contributed by atoms with Crippen molar-refractivity contribution in [2.45, 2.75) is 6.42 Å². The average molecular weight is 352 g/mol. The highest BCUT2D eigenvalue weighted by Crippen LogP contribution is 2.05. The van der Waals surface area contributed by atoms with Crippen LogP contribution in [0.2, 0.25) is 0 Å². The first-order valence-electron chi connectivity index (χ1n) is 7.11. The van der Waals surface area contributed by atoms with Gasteiger partial charge in [-0.3, -0.25) is 4.90 Å². The fraction of sp³-hybridized carbons (Fsp3) is 0.500. The van der Waals surface area contributed by atoms with Crippen molar-refractivity contribution in [3.05, 3.63) is 42.0 Å². The molecule has 1 aliphatic heterocycles. The van der Waals surface area contributed by atoms with E-state index in [4.69, 9.17) is 11.6 Å². The number of hydrogen-bond donors (Lipinski definition) is 0. The van der Waals surface area contributed by atoms with E-state index in [9.17, 15) is 0 Å². The molecule has 1 heterocycles. The minimum atomic E-state index is 0. The highest BCUT2D eigenvalue weighted by molar-refractivity contribution is 6.17. The molecule has 1 aliphatic rings. The molecule has 120 valence electrons. The molecule has 1 fully saturated rings. The van der Waals surface area contributed by atoms with Crippen LogP contribution in [0.1, 0.15) is 12.0 Å². The topological polar surface area (TPSA) is 6.48 Å². The van der Waals surface area contributed by atoms with Gasteiger partial charge in [0.1, 0.15) is 0 Å². The molecule has 1 aromatic carbocycles. The van der Waals surface area contributed by atoms with Gasteiger partial charge < -0.3 is 4.90 Å². The normalized spacial score (nSPS) is 16.4. The van der Waals surface area contributed by atoms with Crippen molar-refractivity contribution in [1.29, 1.82) is 0 Å². The Morgan fingerprint density at radius 3 is 2.19 bits per heavy atom. The van der Waals surface area contributed by atoms with E-state index < -0.39 is 0 Å². The van der Waals surface area contributed by atoms with E-state index in [1.54, 1.807) is 0 Å². The summed E-state index contributed by atoms with van der Waals surface area (Å²) in [7, 11) is 0. The van der Waals surface area contributed by atoms with Gasteiger partial charge in [-0.1, -0.05) is 42.5 Å².